The molecular formula is C9H14O2. The second-order valence-electron chi connectivity index (χ2n) is 1.98. The minimum Gasteiger partial charge on any atom is -0.495 e. The summed E-state index contributed by atoms with van der Waals surface area (Å²) in [5.41, 5.74) is 0. The molecule has 2 heteroatoms. The van der Waals surface area contributed by atoms with Crippen LogP contribution < -0.4 is 0 Å². The van der Waals surface area contributed by atoms with Crippen LogP contribution in [0.5, 0.6) is 0 Å². The molecule has 0 radical (unpaired) electrons. The zero-order valence-electron chi connectivity index (χ0n) is 6.79. The largest absolute Gasteiger partial charge is 0.495 e. The average molecular weight is 154 g/mol. The van der Waals surface area contributed by atoms with Gasteiger partial charge in [-0.15, -0.1) is 6.58 Å². The second kappa shape index (κ2) is 5.74. The van der Waals surface area contributed by atoms with Crippen molar-refractivity contribution in [1.82, 2.24) is 0 Å². The molecular weight excluding hydrogens is 140 g/mol. The van der Waals surface area contributed by atoms with E-state index in [2.05, 4.69) is 13.2 Å². The van der Waals surface area contributed by atoms with Crippen molar-refractivity contribution >= 4 is 0 Å². The number of rotatable bonds is 5. The maximum atomic E-state index is 8.97. The van der Waals surface area contributed by atoms with Gasteiger partial charge in [0.25, 0.3) is 0 Å². The van der Waals surface area contributed by atoms with Crippen LogP contribution in [0.15, 0.2) is 37.1 Å². The van der Waals surface area contributed by atoms with E-state index in [4.69, 9.17) is 9.84 Å². The molecule has 0 spiro atoms. The lowest BCUT2D eigenvalue weighted by atomic mass is 10.3. The molecule has 0 saturated carbocycles. The van der Waals surface area contributed by atoms with Crippen molar-refractivity contribution in [3.8, 4) is 0 Å². The van der Waals surface area contributed by atoms with Crippen molar-refractivity contribution in [1.29, 1.82) is 0 Å². The molecule has 2 nitrogen and oxygen atoms in total. The smallest absolute Gasteiger partial charge is 0.111 e. The lowest BCUT2D eigenvalue weighted by Crippen LogP contribution is -1.95. The summed E-state index contributed by atoms with van der Waals surface area (Å²) in [6.45, 7) is 9.48. The molecule has 0 aliphatic rings. The Hall–Kier alpha value is -1.02. The van der Waals surface area contributed by atoms with Gasteiger partial charge in [0.05, 0.1) is 12.7 Å². The predicted molar refractivity (Wildman–Crippen MR) is 46.1 cm³/mol. The zero-order chi connectivity index (χ0) is 8.69. The van der Waals surface area contributed by atoms with Crippen molar-refractivity contribution in [3.63, 3.8) is 0 Å². The summed E-state index contributed by atoms with van der Waals surface area (Å²) in [6.07, 6.45) is 3.99. The highest BCUT2D eigenvalue weighted by atomic mass is 16.5. The molecule has 0 aliphatic carbocycles. The van der Waals surface area contributed by atoms with Crippen molar-refractivity contribution in [2.45, 2.75) is 13.0 Å². The maximum absolute atomic E-state index is 8.97. The standard InChI is InChI=1S/C9H14O2/c1-4-9(10)7-6-8(3)11-5-2/h4,6-7,9-10H,1,3,5H2,2H3/b7-6+. The normalized spacial score (nSPS) is 12.9. The molecule has 0 heterocycles. The van der Waals surface area contributed by atoms with Crippen LogP contribution in [0.4, 0.5) is 0 Å². The first-order valence-corrected chi connectivity index (χ1v) is 3.51. The molecule has 1 atom stereocenters. The van der Waals surface area contributed by atoms with E-state index in [0.29, 0.717) is 12.4 Å². The molecule has 0 aromatic rings. The summed E-state index contributed by atoms with van der Waals surface area (Å²) in [5, 5.41) is 8.97. The second-order valence-corrected chi connectivity index (χ2v) is 1.98. The number of aliphatic hydroxyl groups is 1. The summed E-state index contributed by atoms with van der Waals surface area (Å²) in [4.78, 5) is 0. The van der Waals surface area contributed by atoms with Crippen molar-refractivity contribution in [3.05, 3.63) is 37.1 Å². The quantitative estimate of drug-likeness (QED) is 0.370. The van der Waals surface area contributed by atoms with Crippen LogP contribution in [0, 0.1) is 0 Å². The van der Waals surface area contributed by atoms with Crippen LogP contribution in [0.25, 0.3) is 0 Å². The Morgan fingerprint density at radius 2 is 2.36 bits per heavy atom. The van der Waals surface area contributed by atoms with Gasteiger partial charge in [-0.1, -0.05) is 12.7 Å². The van der Waals surface area contributed by atoms with Gasteiger partial charge in [-0.3, -0.25) is 0 Å². The SMILES string of the molecule is C=CC(O)/C=C/C(=C)OCC. The van der Waals surface area contributed by atoms with Crippen LogP contribution in [0.3, 0.4) is 0 Å². The van der Waals surface area contributed by atoms with Crippen molar-refractivity contribution in [2.24, 2.45) is 0 Å². The van der Waals surface area contributed by atoms with Gasteiger partial charge in [-0.2, -0.15) is 0 Å². The van der Waals surface area contributed by atoms with Gasteiger partial charge in [0.15, 0.2) is 0 Å². The van der Waals surface area contributed by atoms with E-state index in [0.717, 1.165) is 0 Å². The third-order valence-corrected chi connectivity index (χ3v) is 1.05. The van der Waals surface area contributed by atoms with Gasteiger partial charge in [0, 0.05) is 0 Å². The van der Waals surface area contributed by atoms with E-state index in [-0.39, 0.29) is 0 Å². The average Bonchev–Trinajstić information content (AvgIpc) is 2.01. The molecule has 0 amide bonds. The van der Waals surface area contributed by atoms with E-state index in [1.165, 1.54) is 6.08 Å². The fourth-order valence-electron chi connectivity index (χ4n) is 0.518. The van der Waals surface area contributed by atoms with Gasteiger partial charge in [0.2, 0.25) is 0 Å². The monoisotopic (exact) mass is 154 g/mol. The number of hydrogen-bond donors (Lipinski definition) is 1. The summed E-state index contributed by atoms with van der Waals surface area (Å²) in [6, 6.07) is 0. The Kier molecular flexibility index (Phi) is 5.21. The van der Waals surface area contributed by atoms with Crippen LogP contribution >= 0.6 is 0 Å². The first-order chi connectivity index (χ1) is 5.20. The van der Waals surface area contributed by atoms with Crippen LogP contribution in [0.1, 0.15) is 6.92 Å². The fraction of sp³-hybridized carbons (Fsp3) is 0.333. The minimum absolute atomic E-state index is 0.549. The number of allylic oxidation sites excluding steroid dienone is 1. The Morgan fingerprint density at radius 3 is 2.82 bits per heavy atom. The number of hydrogen-bond acceptors (Lipinski definition) is 2. The molecule has 1 unspecified atom stereocenters. The molecule has 0 bridgehead atoms. The highest BCUT2D eigenvalue weighted by Crippen LogP contribution is 1.96. The molecule has 0 rings (SSSR count). The predicted octanol–water partition coefficient (Wildman–Crippen LogP) is 1.64. The third-order valence-electron chi connectivity index (χ3n) is 1.05. The van der Waals surface area contributed by atoms with E-state index in [1.54, 1.807) is 12.2 Å². The lowest BCUT2D eigenvalue weighted by Gasteiger charge is -2.00. The van der Waals surface area contributed by atoms with Gasteiger partial charge >= 0.3 is 0 Å². The van der Waals surface area contributed by atoms with E-state index < -0.39 is 6.10 Å². The molecule has 0 saturated heterocycles. The Morgan fingerprint density at radius 1 is 1.73 bits per heavy atom. The highest BCUT2D eigenvalue weighted by molar-refractivity contribution is 5.11. The minimum atomic E-state index is -0.618. The van der Waals surface area contributed by atoms with Crippen molar-refractivity contribution in [2.75, 3.05) is 6.61 Å². The zero-order valence-corrected chi connectivity index (χ0v) is 6.79. The molecule has 1 N–H and O–H groups in total. The Bertz CT molecular complexity index is 159. The molecule has 11 heavy (non-hydrogen) atoms. The summed E-state index contributed by atoms with van der Waals surface area (Å²) in [7, 11) is 0. The van der Waals surface area contributed by atoms with Gasteiger partial charge in [0.1, 0.15) is 5.76 Å². The molecule has 0 aromatic heterocycles. The summed E-state index contributed by atoms with van der Waals surface area (Å²) >= 11 is 0. The first kappa shape index (κ1) is 9.98. The molecule has 62 valence electrons. The first-order valence-electron chi connectivity index (χ1n) is 3.51. The van der Waals surface area contributed by atoms with Crippen molar-refractivity contribution < 1.29 is 9.84 Å². The molecule has 0 fully saturated rings. The van der Waals surface area contributed by atoms with Crippen LogP contribution in [-0.4, -0.2) is 17.8 Å². The van der Waals surface area contributed by atoms with E-state index >= 15 is 0 Å². The van der Waals surface area contributed by atoms with E-state index in [9.17, 15) is 0 Å². The Balaban J connectivity index is 3.72. The Labute approximate surface area is 67.5 Å². The summed E-state index contributed by atoms with van der Waals surface area (Å²) in [5.74, 6) is 0.549. The molecule has 0 aliphatic heterocycles. The summed E-state index contributed by atoms with van der Waals surface area (Å²) < 4.78 is 5.01. The fourth-order valence-corrected chi connectivity index (χ4v) is 0.518. The molecule has 0 aromatic carbocycles. The lowest BCUT2D eigenvalue weighted by molar-refractivity contribution is 0.241. The van der Waals surface area contributed by atoms with Gasteiger partial charge in [-0.05, 0) is 19.1 Å². The maximum Gasteiger partial charge on any atom is 0.111 e. The van der Waals surface area contributed by atoms with Crippen LogP contribution in [-0.2, 0) is 4.74 Å². The number of aliphatic hydroxyl groups excluding tert-OH is 1. The van der Waals surface area contributed by atoms with Crippen LogP contribution in [0.2, 0.25) is 0 Å². The third kappa shape index (κ3) is 5.43. The van der Waals surface area contributed by atoms with Gasteiger partial charge in [-0.25, -0.2) is 0 Å². The van der Waals surface area contributed by atoms with Gasteiger partial charge < -0.3 is 9.84 Å². The topological polar surface area (TPSA) is 29.5 Å². The van der Waals surface area contributed by atoms with E-state index in [1.807, 2.05) is 6.92 Å². The highest BCUT2D eigenvalue weighted by Gasteiger charge is 1.89. The number of ether oxygens (including phenoxy) is 1.